The molecule has 9 heteroatoms. The van der Waals surface area contributed by atoms with Crippen LogP contribution in [0.1, 0.15) is 22.9 Å². The van der Waals surface area contributed by atoms with Gasteiger partial charge in [0.25, 0.3) is 0 Å². The average molecular weight is 449 g/mol. The van der Waals surface area contributed by atoms with Gasteiger partial charge in [-0.1, -0.05) is 46.7 Å². The first-order valence-corrected chi connectivity index (χ1v) is 11.0. The van der Waals surface area contributed by atoms with Crippen LogP contribution in [0, 0.1) is 19.7 Å². The second kappa shape index (κ2) is 9.21. The number of aromatic nitrogens is 4. The normalized spacial score (nSPS) is 15.2. The number of hydrogen-bond acceptors (Lipinski definition) is 8. The monoisotopic (exact) mass is 448 g/mol. The molecule has 8 nitrogen and oxygen atoms in total. The molecule has 0 amide bonds. The summed E-state index contributed by atoms with van der Waals surface area (Å²) in [6.45, 7) is 8.39. The Morgan fingerprint density at radius 3 is 2.03 bits per heavy atom. The van der Waals surface area contributed by atoms with E-state index in [4.69, 9.17) is 9.05 Å². The Bertz CT molecular complexity index is 1250. The molecule has 170 valence electrons. The molecule has 3 heterocycles. The molecule has 0 aliphatic carbocycles. The van der Waals surface area contributed by atoms with Gasteiger partial charge in [0.2, 0.25) is 23.4 Å². The second-order valence-corrected chi connectivity index (χ2v) is 8.35. The first kappa shape index (κ1) is 21.4. The van der Waals surface area contributed by atoms with E-state index in [-0.39, 0.29) is 5.82 Å². The molecule has 0 saturated carbocycles. The van der Waals surface area contributed by atoms with Gasteiger partial charge in [0.15, 0.2) is 0 Å². The Hall–Kier alpha value is -3.43. The zero-order valence-corrected chi connectivity index (χ0v) is 18.7. The zero-order valence-electron chi connectivity index (χ0n) is 18.7. The topological polar surface area (TPSA) is 84.3 Å². The molecule has 0 spiro atoms. The molecule has 0 unspecified atom stereocenters. The minimum atomic E-state index is -0.276. The van der Waals surface area contributed by atoms with Crippen molar-refractivity contribution in [1.29, 1.82) is 0 Å². The highest BCUT2D eigenvalue weighted by Gasteiger charge is 2.22. The van der Waals surface area contributed by atoms with Gasteiger partial charge < -0.3 is 9.05 Å². The van der Waals surface area contributed by atoms with Gasteiger partial charge in [-0.05, 0) is 31.0 Å². The van der Waals surface area contributed by atoms with Crippen molar-refractivity contribution in [3.05, 3.63) is 71.2 Å². The van der Waals surface area contributed by atoms with Gasteiger partial charge in [-0.15, -0.1) is 0 Å². The maximum absolute atomic E-state index is 13.8. The highest BCUT2D eigenvalue weighted by atomic mass is 19.1. The van der Waals surface area contributed by atoms with Crippen molar-refractivity contribution in [3.8, 4) is 22.8 Å². The van der Waals surface area contributed by atoms with Crippen LogP contribution in [0.4, 0.5) is 4.39 Å². The Balaban J connectivity index is 1.14. The molecule has 2 aromatic carbocycles. The van der Waals surface area contributed by atoms with Crippen molar-refractivity contribution in [2.24, 2.45) is 0 Å². The fourth-order valence-electron chi connectivity index (χ4n) is 3.91. The molecule has 33 heavy (non-hydrogen) atoms. The van der Waals surface area contributed by atoms with Crippen molar-refractivity contribution in [2.45, 2.75) is 26.9 Å². The summed E-state index contributed by atoms with van der Waals surface area (Å²) < 4.78 is 24.7. The molecule has 1 fully saturated rings. The number of benzene rings is 2. The Kier molecular flexibility index (Phi) is 5.97. The van der Waals surface area contributed by atoms with E-state index in [9.17, 15) is 4.39 Å². The number of piperazine rings is 1. The van der Waals surface area contributed by atoms with Gasteiger partial charge in [0, 0.05) is 37.3 Å². The maximum atomic E-state index is 13.8. The van der Waals surface area contributed by atoms with E-state index < -0.39 is 0 Å². The van der Waals surface area contributed by atoms with Crippen LogP contribution in [0.15, 0.2) is 51.5 Å². The first-order chi connectivity index (χ1) is 16.0. The minimum absolute atomic E-state index is 0.276. The summed E-state index contributed by atoms with van der Waals surface area (Å²) in [5, 5.41) is 8.16. The van der Waals surface area contributed by atoms with Crippen LogP contribution in [0.3, 0.4) is 0 Å². The lowest BCUT2D eigenvalue weighted by atomic mass is 10.1. The van der Waals surface area contributed by atoms with E-state index in [1.807, 2.05) is 31.2 Å². The molecule has 0 radical (unpaired) electrons. The molecule has 2 aromatic heterocycles. The fraction of sp³-hybridized carbons (Fsp3) is 0.333. The van der Waals surface area contributed by atoms with E-state index in [2.05, 4.69) is 30.1 Å². The van der Waals surface area contributed by atoms with Crippen LogP contribution < -0.4 is 0 Å². The van der Waals surface area contributed by atoms with Crippen LogP contribution in [-0.4, -0.2) is 56.3 Å². The molecule has 1 aliphatic heterocycles. The van der Waals surface area contributed by atoms with Crippen molar-refractivity contribution in [3.63, 3.8) is 0 Å². The van der Waals surface area contributed by atoms with Gasteiger partial charge in [0.1, 0.15) is 5.82 Å². The SMILES string of the molecule is Cc1ccc(-c2noc(CN3CCN(Cc4nc(-c5ccccc5C)no4)CC3)n2)cc1F. The predicted octanol–water partition coefficient (Wildman–Crippen LogP) is 3.86. The molecular formula is C24H25FN6O2. The van der Waals surface area contributed by atoms with Crippen LogP contribution in [0.25, 0.3) is 22.8 Å². The number of aryl methyl sites for hydroxylation is 2. The third kappa shape index (κ3) is 4.84. The van der Waals surface area contributed by atoms with E-state index in [0.29, 0.717) is 47.6 Å². The molecule has 5 rings (SSSR count). The van der Waals surface area contributed by atoms with E-state index >= 15 is 0 Å². The summed E-state index contributed by atoms with van der Waals surface area (Å²) in [6, 6.07) is 13.0. The molecule has 1 aliphatic rings. The van der Waals surface area contributed by atoms with Crippen molar-refractivity contribution >= 4 is 0 Å². The van der Waals surface area contributed by atoms with Gasteiger partial charge in [-0.3, -0.25) is 9.80 Å². The lowest BCUT2D eigenvalue weighted by molar-refractivity contribution is 0.103. The number of nitrogens with zero attached hydrogens (tertiary/aromatic N) is 6. The number of rotatable bonds is 6. The van der Waals surface area contributed by atoms with E-state index in [1.165, 1.54) is 6.07 Å². The fourth-order valence-corrected chi connectivity index (χ4v) is 3.91. The molecule has 1 saturated heterocycles. The third-order valence-corrected chi connectivity index (χ3v) is 5.93. The zero-order chi connectivity index (χ0) is 22.8. The van der Waals surface area contributed by atoms with Gasteiger partial charge in [0.05, 0.1) is 13.1 Å². The largest absolute Gasteiger partial charge is 0.338 e. The first-order valence-electron chi connectivity index (χ1n) is 11.0. The van der Waals surface area contributed by atoms with Crippen LogP contribution in [-0.2, 0) is 13.1 Å². The van der Waals surface area contributed by atoms with Crippen LogP contribution in [0.2, 0.25) is 0 Å². The molecule has 0 bridgehead atoms. The molecule has 0 N–H and O–H groups in total. The highest BCUT2D eigenvalue weighted by Crippen LogP contribution is 2.21. The Morgan fingerprint density at radius 2 is 1.39 bits per heavy atom. The summed E-state index contributed by atoms with van der Waals surface area (Å²) in [6.07, 6.45) is 0. The average Bonchev–Trinajstić information content (AvgIpc) is 3.47. The summed E-state index contributed by atoms with van der Waals surface area (Å²) in [5.41, 5.74) is 3.31. The van der Waals surface area contributed by atoms with Gasteiger partial charge in [-0.25, -0.2) is 4.39 Å². The standard InChI is InChI=1S/C24H25FN6O2/c1-16-5-3-4-6-19(16)24-27-22(33-29-24)15-31-11-9-30(10-12-31)14-21-26-23(28-32-21)18-8-7-17(2)20(25)13-18/h3-8,13H,9-12,14-15H2,1-2H3. The predicted molar refractivity (Wildman–Crippen MR) is 119 cm³/mol. The van der Waals surface area contributed by atoms with Crippen molar-refractivity contribution in [1.82, 2.24) is 30.1 Å². The maximum Gasteiger partial charge on any atom is 0.241 e. The molecule has 0 atom stereocenters. The van der Waals surface area contributed by atoms with Gasteiger partial charge in [-0.2, -0.15) is 9.97 Å². The van der Waals surface area contributed by atoms with E-state index in [0.717, 1.165) is 37.3 Å². The van der Waals surface area contributed by atoms with Crippen molar-refractivity contribution in [2.75, 3.05) is 26.2 Å². The second-order valence-electron chi connectivity index (χ2n) is 8.35. The quantitative estimate of drug-likeness (QED) is 0.440. The lowest BCUT2D eigenvalue weighted by Crippen LogP contribution is -2.45. The Morgan fingerprint density at radius 1 is 0.788 bits per heavy atom. The van der Waals surface area contributed by atoms with Gasteiger partial charge >= 0.3 is 0 Å². The smallest absolute Gasteiger partial charge is 0.241 e. The number of hydrogen-bond donors (Lipinski definition) is 0. The summed E-state index contributed by atoms with van der Waals surface area (Å²) >= 11 is 0. The lowest BCUT2D eigenvalue weighted by Gasteiger charge is -2.32. The Labute approximate surface area is 191 Å². The summed E-state index contributed by atoms with van der Waals surface area (Å²) in [4.78, 5) is 13.6. The summed E-state index contributed by atoms with van der Waals surface area (Å²) in [5.74, 6) is 1.90. The minimum Gasteiger partial charge on any atom is -0.338 e. The van der Waals surface area contributed by atoms with Crippen LogP contribution >= 0.6 is 0 Å². The number of halogens is 1. The van der Waals surface area contributed by atoms with E-state index in [1.54, 1.807) is 19.1 Å². The molecule has 4 aromatic rings. The third-order valence-electron chi connectivity index (χ3n) is 5.93. The highest BCUT2D eigenvalue weighted by molar-refractivity contribution is 5.59. The molecular weight excluding hydrogens is 423 g/mol. The van der Waals surface area contributed by atoms with Crippen molar-refractivity contribution < 1.29 is 13.4 Å². The summed E-state index contributed by atoms with van der Waals surface area (Å²) in [7, 11) is 0. The van der Waals surface area contributed by atoms with Crippen LogP contribution in [0.5, 0.6) is 0 Å².